The van der Waals surface area contributed by atoms with Gasteiger partial charge < -0.3 is 10.4 Å². The lowest BCUT2D eigenvalue weighted by atomic mass is 9.91. The van der Waals surface area contributed by atoms with Gasteiger partial charge in [0.25, 0.3) is 5.91 Å². The van der Waals surface area contributed by atoms with E-state index >= 15 is 0 Å². The zero-order valence-electron chi connectivity index (χ0n) is 14.1. The Morgan fingerprint density at radius 2 is 1.68 bits per heavy atom. The molecule has 1 amide bonds. The largest absolute Gasteiger partial charge is 0.509 e. The zero-order chi connectivity index (χ0) is 17.8. The average molecular weight is 335 g/mol. The first kappa shape index (κ1) is 17.0. The fraction of sp³-hybridized carbons (Fsp3) is 0.238. The molecule has 0 fully saturated rings. The van der Waals surface area contributed by atoms with E-state index in [2.05, 4.69) is 5.32 Å². The third-order valence-corrected chi connectivity index (χ3v) is 4.62. The number of aliphatic hydroxyl groups is 1. The van der Waals surface area contributed by atoms with Crippen LogP contribution in [0.3, 0.4) is 0 Å². The summed E-state index contributed by atoms with van der Waals surface area (Å²) in [5.74, 6) is -1.43. The molecule has 2 unspecified atom stereocenters. The van der Waals surface area contributed by atoms with E-state index in [-0.39, 0.29) is 17.1 Å². The highest BCUT2D eigenvalue weighted by Crippen LogP contribution is 2.26. The van der Waals surface area contributed by atoms with E-state index in [1.807, 2.05) is 60.7 Å². The van der Waals surface area contributed by atoms with E-state index in [0.29, 0.717) is 12.8 Å². The molecular weight excluding hydrogens is 314 g/mol. The molecule has 1 aliphatic rings. The SMILES string of the molecule is CC(C(=O)C1=C(O)C(CCc2ccccc2)NC1=O)c1ccccc1. The molecule has 0 aliphatic carbocycles. The maximum absolute atomic E-state index is 12.7. The Morgan fingerprint density at radius 3 is 2.32 bits per heavy atom. The summed E-state index contributed by atoms with van der Waals surface area (Å²) in [5.41, 5.74) is 1.85. The van der Waals surface area contributed by atoms with Crippen LogP contribution in [-0.2, 0) is 16.0 Å². The van der Waals surface area contributed by atoms with Crippen LogP contribution in [0.25, 0.3) is 0 Å². The topological polar surface area (TPSA) is 66.4 Å². The first-order valence-electron chi connectivity index (χ1n) is 8.45. The van der Waals surface area contributed by atoms with E-state index < -0.39 is 17.9 Å². The molecular formula is C21H21NO3. The van der Waals surface area contributed by atoms with Crippen LogP contribution in [0.2, 0.25) is 0 Å². The Kier molecular flexibility index (Phi) is 4.98. The van der Waals surface area contributed by atoms with Crippen LogP contribution >= 0.6 is 0 Å². The van der Waals surface area contributed by atoms with Gasteiger partial charge in [-0.2, -0.15) is 0 Å². The van der Waals surface area contributed by atoms with Gasteiger partial charge in [-0.05, 0) is 24.0 Å². The highest BCUT2D eigenvalue weighted by atomic mass is 16.3. The summed E-state index contributed by atoms with van der Waals surface area (Å²) in [6.45, 7) is 1.75. The second-order valence-electron chi connectivity index (χ2n) is 6.31. The fourth-order valence-corrected chi connectivity index (χ4v) is 3.10. The maximum Gasteiger partial charge on any atom is 0.259 e. The third kappa shape index (κ3) is 3.63. The predicted molar refractivity (Wildman–Crippen MR) is 96.2 cm³/mol. The monoisotopic (exact) mass is 335 g/mol. The number of amides is 1. The van der Waals surface area contributed by atoms with Gasteiger partial charge >= 0.3 is 0 Å². The minimum atomic E-state index is -0.505. The number of carbonyl (C=O) groups excluding carboxylic acids is 2. The summed E-state index contributed by atoms with van der Waals surface area (Å²) in [6.07, 6.45) is 1.27. The number of nitrogens with one attached hydrogen (secondary N) is 1. The highest BCUT2D eigenvalue weighted by Gasteiger charge is 2.37. The van der Waals surface area contributed by atoms with Crippen LogP contribution in [0.4, 0.5) is 0 Å². The lowest BCUT2D eigenvalue weighted by Crippen LogP contribution is -2.30. The molecule has 4 heteroatoms. The number of ketones is 1. The minimum Gasteiger partial charge on any atom is -0.509 e. The van der Waals surface area contributed by atoms with E-state index in [1.54, 1.807) is 6.92 Å². The number of benzene rings is 2. The van der Waals surface area contributed by atoms with Crippen LogP contribution in [0.5, 0.6) is 0 Å². The molecule has 0 bridgehead atoms. The van der Waals surface area contributed by atoms with Crippen molar-refractivity contribution in [2.24, 2.45) is 0 Å². The Bertz CT molecular complexity index is 796. The van der Waals surface area contributed by atoms with E-state index in [0.717, 1.165) is 11.1 Å². The molecule has 25 heavy (non-hydrogen) atoms. The second-order valence-corrected chi connectivity index (χ2v) is 6.31. The second kappa shape index (κ2) is 7.34. The van der Waals surface area contributed by atoms with Crippen molar-refractivity contribution in [3.63, 3.8) is 0 Å². The number of rotatable bonds is 6. The van der Waals surface area contributed by atoms with Crippen molar-refractivity contribution in [3.05, 3.63) is 83.1 Å². The Morgan fingerprint density at radius 1 is 1.08 bits per heavy atom. The normalized spacial score (nSPS) is 18.1. The molecule has 0 aromatic heterocycles. The number of Topliss-reactive ketones (excluding diaryl/α,β-unsaturated/α-hetero) is 1. The van der Waals surface area contributed by atoms with Gasteiger partial charge in [0.05, 0.1) is 6.04 Å². The predicted octanol–water partition coefficient (Wildman–Crippen LogP) is 3.30. The van der Waals surface area contributed by atoms with Crippen LogP contribution in [0.15, 0.2) is 72.0 Å². The molecule has 2 atom stereocenters. The smallest absolute Gasteiger partial charge is 0.259 e. The molecule has 2 aromatic carbocycles. The van der Waals surface area contributed by atoms with Crippen LogP contribution < -0.4 is 5.32 Å². The molecule has 3 rings (SSSR count). The van der Waals surface area contributed by atoms with Gasteiger partial charge in [0.1, 0.15) is 11.3 Å². The van der Waals surface area contributed by atoms with Gasteiger partial charge in [0.15, 0.2) is 5.78 Å². The van der Waals surface area contributed by atoms with Crippen molar-refractivity contribution in [3.8, 4) is 0 Å². The molecule has 0 spiro atoms. The van der Waals surface area contributed by atoms with E-state index in [9.17, 15) is 14.7 Å². The first-order chi connectivity index (χ1) is 12.1. The standard InChI is InChI=1S/C21H21NO3/c1-14(16-10-6-3-7-11-16)19(23)18-20(24)17(22-21(18)25)13-12-15-8-4-2-5-9-15/h2-11,14,17,24H,12-13H2,1H3,(H,22,25). The molecule has 0 saturated heterocycles. The van der Waals surface area contributed by atoms with Crippen LogP contribution in [0, 0.1) is 0 Å². The molecule has 1 aliphatic heterocycles. The van der Waals surface area contributed by atoms with Crippen LogP contribution in [0.1, 0.15) is 30.4 Å². The number of carbonyl (C=O) groups is 2. The summed E-state index contributed by atoms with van der Waals surface area (Å²) in [6, 6.07) is 18.6. The Balaban J connectivity index is 1.74. The summed E-state index contributed by atoms with van der Waals surface area (Å²) in [4.78, 5) is 24.9. The lowest BCUT2D eigenvalue weighted by molar-refractivity contribution is -0.122. The van der Waals surface area contributed by atoms with Crippen molar-refractivity contribution in [2.75, 3.05) is 0 Å². The molecule has 2 aromatic rings. The first-order valence-corrected chi connectivity index (χ1v) is 8.45. The molecule has 1 heterocycles. The lowest BCUT2D eigenvalue weighted by Gasteiger charge is -2.11. The van der Waals surface area contributed by atoms with Crippen LogP contribution in [-0.4, -0.2) is 22.8 Å². The van der Waals surface area contributed by atoms with Crippen molar-refractivity contribution in [1.29, 1.82) is 0 Å². The zero-order valence-corrected chi connectivity index (χ0v) is 14.1. The summed E-state index contributed by atoms with van der Waals surface area (Å²) >= 11 is 0. The average Bonchev–Trinajstić information content (AvgIpc) is 2.94. The number of hydrogen-bond donors (Lipinski definition) is 2. The third-order valence-electron chi connectivity index (χ3n) is 4.62. The molecule has 4 nitrogen and oxygen atoms in total. The molecule has 128 valence electrons. The maximum atomic E-state index is 12.7. The number of aryl methyl sites for hydroxylation is 1. The van der Waals surface area contributed by atoms with E-state index in [4.69, 9.17) is 0 Å². The van der Waals surface area contributed by atoms with Crippen molar-refractivity contribution < 1.29 is 14.7 Å². The highest BCUT2D eigenvalue weighted by molar-refractivity contribution is 6.23. The molecule has 0 radical (unpaired) electrons. The quantitative estimate of drug-likeness (QED) is 0.796. The van der Waals surface area contributed by atoms with E-state index in [1.165, 1.54) is 0 Å². The van der Waals surface area contributed by atoms with Crippen molar-refractivity contribution >= 4 is 11.7 Å². The van der Waals surface area contributed by atoms with Gasteiger partial charge in [-0.25, -0.2) is 0 Å². The minimum absolute atomic E-state index is 0.102. The summed E-state index contributed by atoms with van der Waals surface area (Å²) in [5, 5.41) is 13.2. The van der Waals surface area contributed by atoms with Gasteiger partial charge in [0.2, 0.25) is 0 Å². The molecule has 0 saturated carbocycles. The Labute approximate surface area is 147 Å². The van der Waals surface area contributed by atoms with Crippen molar-refractivity contribution in [1.82, 2.24) is 5.32 Å². The van der Waals surface area contributed by atoms with Gasteiger partial charge in [0, 0.05) is 5.92 Å². The van der Waals surface area contributed by atoms with Gasteiger partial charge in [-0.15, -0.1) is 0 Å². The van der Waals surface area contributed by atoms with Gasteiger partial charge in [-0.1, -0.05) is 67.6 Å². The Hall–Kier alpha value is -2.88. The fourth-order valence-electron chi connectivity index (χ4n) is 3.10. The summed E-state index contributed by atoms with van der Waals surface area (Å²) in [7, 11) is 0. The number of aliphatic hydroxyl groups excluding tert-OH is 1. The van der Waals surface area contributed by atoms with Crippen molar-refractivity contribution in [2.45, 2.75) is 31.7 Å². The van der Waals surface area contributed by atoms with Gasteiger partial charge in [-0.3, -0.25) is 9.59 Å². The summed E-state index contributed by atoms with van der Waals surface area (Å²) < 4.78 is 0. The number of hydrogen-bond acceptors (Lipinski definition) is 3. The molecule has 2 N–H and O–H groups in total.